The SMILES string of the molecule is CCCc1nn(C)c2c(=O)[nH]c(-c3scc(S(=O)(=O)N4CCN(c5ncccn5)CC4)c3OCC)nc12. The van der Waals surface area contributed by atoms with Crippen LogP contribution in [0.25, 0.3) is 21.7 Å². The van der Waals surface area contributed by atoms with Gasteiger partial charge in [0, 0.05) is 51.0 Å². The van der Waals surface area contributed by atoms with E-state index in [1.54, 1.807) is 37.8 Å². The summed E-state index contributed by atoms with van der Waals surface area (Å²) in [5.41, 5.74) is 1.30. The number of rotatable bonds is 8. The minimum atomic E-state index is -3.86. The molecule has 1 saturated heterocycles. The highest BCUT2D eigenvalue weighted by atomic mass is 32.2. The third kappa shape index (κ3) is 4.60. The number of hydrogen-bond donors (Lipinski definition) is 1. The maximum absolute atomic E-state index is 13.7. The highest BCUT2D eigenvalue weighted by Gasteiger charge is 2.34. The predicted octanol–water partition coefficient (Wildman–Crippen LogP) is 2.04. The van der Waals surface area contributed by atoms with Gasteiger partial charge in [-0.05, 0) is 19.4 Å². The third-order valence-corrected chi connectivity index (χ3v) is 9.18. The number of aromatic amines is 1. The van der Waals surface area contributed by atoms with E-state index in [-0.39, 0.29) is 41.7 Å². The number of sulfonamides is 1. The van der Waals surface area contributed by atoms with Crippen molar-refractivity contribution in [3.05, 3.63) is 39.9 Å². The van der Waals surface area contributed by atoms with Gasteiger partial charge in [0.15, 0.2) is 17.1 Å². The van der Waals surface area contributed by atoms with Crippen molar-refractivity contribution >= 4 is 38.3 Å². The highest BCUT2D eigenvalue weighted by Crippen LogP contribution is 2.41. The Hall–Kier alpha value is -3.36. The van der Waals surface area contributed by atoms with E-state index in [9.17, 15) is 13.2 Å². The number of nitrogens with one attached hydrogen (secondary N) is 1. The summed E-state index contributed by atoms with van der Waals surface area (Å²) in [5, 5.41) is 6.02. The number of thiophene rings is 1. The van der Waals surface area contributed by atoms with Crippen LogP contribution in [0.15, 0.2) is 33.5 Å². The van der Waals surface area contributed by atoms with E-state index in [1.807, 2.05) is 11.8 Å². The number of piperazine rings is 1. The second-order valence-corrected chi connectivity index (χ2v) is 11.3. The summed E-state index contributed by atoms with van der Waals surface area (Å²) in [5.74, 6) is 1.05. The zero-order chi connectivity index (χ0) is 26.2. The van der Waals surface area contributed by atoms with Gasteiger partial charge in [-0.25, -0.2) is 23.4 Å². The van der Waals surface area contributed by atoms with Crippen molar-refractivity contribution in [3.63, 3.8) is 0 Å². The molecular formula is C23H28N8O4S2. The van der Waals surface area contributed by atoms with Gasteiger partial charge in [0.05, 0.1) is 12.3 Å². The molecule has 1 N–H and O–H groups in total. The van der Waals surface area contributed by atoms with E-state index < -0.39 is 10.0 Å². The minimum Gasteiger partial charge on any atom is -0.491 e. The van der Waals surface area contributed by atoms with Gasteiger partial charge in [-0.15, -0.1) is 11.3 Å². The lowest BCUT2D eigenvalue weighted by Gasteiger charge is -2.33. The maximum atomic E-state index is 13.7. The van der Waals surface area contributed by atoms with Gasteiger partial charge in [0.2, 0.25) is 16.0 Å². The Bertz CT molecular complexity index is 1570. The lowest BCUT2D eigenvalue weighted by molar-refractivity contribution is 0.330. The van der Waals surface area contributed by atoms with Crippen LogP contribution in [0, 0.1) is 0 Å². The Balaban J connectivity index is 1.49. The minimum absolute atomic E-state index is 0.0708. The first kappa shape index (κ1) is 25.3. The van der Waals surface area contributed by atoms with Gasteiger partial charge in [0.25, 0.3) is 5.56 Å². The van der Waals surface area contributed by atoms with Crippen LogP contribution >= 0.6 is 11.3 Å². The molecule has 0 aliphatic carbocycles. The Labute approximate surface area is 218 Å². The molecule has 5 heterocycles. The van der Waals surface area contributed by atoms with Gasteiger partial charge < -0.3 is 14.6 Å². The second-order valence-electron chi connectivity index (χ2n) is 8.56. The molecule has 0 aromatic carbocycles. The summed E-state index contributed by atoms with van der Waals surface area (Å²) in [4.78, 5) is 31.5. The molecule has 4 aromatic rings. The first-order valence-corrected chi connectivity index (χ1v) is 14.4. The molecule has 14 heteroatoms. The number of fused-ring (bicyclic) bond motifs is 1. The van der Waals surface area contributed by atoms with Crippen LogP contribution in [0.2, 0.25) is 0 Å². The smallest absolute Gasteiger partial charge is 0.277 e. The normalized spacial score (nSPS) is 14.9. The summed E-state index contributed by atoms with van der Waals surface area (Å²) in [6, 6.07) is 1.74. The molecule has 1 fully saturated rings. The molecule has 196 valence electrons. The van der Waals surface area contributed by atoms with Crippen molar-refractivity contribution in [1.29, 1.82) is 0 Å². The number of aromatic nitrogens is 6. The topological polar surface area (TPSA) is 139 Å². The summed E-state index contributed by atoms with van der Waals surface area (Å²) >= 11 is 1.18. The van der Waals surface area contributed by atoms with Crippen LogP contribution in [0.4, 0.5) is 5.95 Å². The zero-order valence-corrected chi connectivity index (χ0v) is 22.5. The molecule has 1 aliphatic heterocycles. The van der Waals surface area contributed by atoms with Crippen LogP contribution < -0.4 is 15.2 Å². The van der Waals surface area contributed by atoms with Gasteiger partial charge >= 0.3 is 0 Å². The van der Waals surface area contributed by atoms with Crippen molar-refractivity contribution in [1.82, 2.24) is 34.0 Å². The van der Waals surface area contributed by atoms with E-state index in [0.717, 1.165) is 12.1 Å². The molecule has 12 nitrogen and oxygen atoms in total. The Morgan fingerprint density at radius 2 is 1.86 bits per heavy atom. The number of anilines is 1. The Morgan fingerprint density at radius 3 is 2.54 bits per heavy atom. The van der Waals surface area contributed by atoms with Gasteiger partial charge in [0.1, 0.15) is 15.3 Å². The van der Waals surface area contributed by atoms with Crippen LogP contribution in [-0.2, 0) is 23.5 Å². The summed E-state index contributed by atoms with van der Waals surface area (Å²) < 4.78 is 36.2. The highest BCUT2D eigenvalue weighted by molar-refractivity contribution is 7.89. The van der Waals surface area contributed by atoms with E-state index >= 15 is 0 Å². The quantitative estimate of drug-likeness (QED) is 0.353. The van der Waals surface area contributed by atoms with Crippen molar-refractivity contribution in [2.24, 2.45) is 7.05 Å². The average molecular weight is 545 g/mol. The predicted molar refractivity (Wildman–Crippen MR) is 141 cm³/mol. The molecule has 0 amide bonds. The fourth-order valence-corrected chi connectivity index (χ4v) is 7.26. The van der Waals surface area contributed by atoms with Crippen molar-refractivity contribution in [2.45, 2.75) is 31.6 Å². The molecule has 0 spiro atoms. The van der Waals surface area contributed by atoms with Crippen molar-refractivity contribution in [3.8, 4) is 16.5 Å². The first-order valence-electron chi connectivity index (χ1n) is 12.1. The lowest BCUT2D eigenvalue weighted by Crippen LogP contribution is -2.49. The Kier molecular flexibility index (Phi) is 6.96. The molecule has 0 atom stereocenters. The maximum Gasteiger partial charge on any atom is 0.277 e. The molecule has 0 saturated carbocycles. The molecule has 0 bridgehead atoms. The largest absolute Gasteiger partial charge is 0.491 e. The average Bonchev–Trinajstić information content (AvgIpc) is 3.46. The fourth-order valence-electron chi connectivity index (χ4n) is 4.44. The van der Waals surface area contributed by atoms with Crippen LogP contribution in [0.3, 0.4) is 0 Å². The molecule has 5 rings (SSSR count). The van der Waals surface area contributed by atoms with Gasteiger partial charge in [-0.2, -0.15) is 9.40 Å². The molecule has 0 unspecified atom stereocenters. The van der Waals surface area contributed by atoms with Crippen molar-refractivity contribution in [2.75, 3.05) is 37.7 Å². The summed E-state index contributed by atoms with van der Waals surface area (Å²) in [7, 11) is -2.15. The molecular weight excluding hydrogens is 516 g/mol. The number of ether oxygens (including phenoxy) is 1. The molecule has 1 aliphatic rings. The van der Waals surface area contributed by atoms with Crippen LogP contribution in [0.1, 0.15) is 26.0 Å². The number of hydrogen-bond acceptors (Lipinski definition) is 10. The Morgan fingerprint density at radius 1 is 1.14 bits per heavy atom. The first-order chi connectivity index (χ1) is 17.8. The fraction of sp³-hybridized carbons (Fsp3) is 0.435. The number of nitrogens with zero attached hydrogens (tertiary/aromatic N) is 7. The third-order valence-electron chi connectivity index (χ3n) is 6.16. The zero-order valence-electron chi connectivity index (χ0n) is 20.8. The lowest BCUT2D eigenvalue weighted by atomic mass is 10.2. The van der Waals surface area contributed by atoms with Crippen LogP contribution in [-0.4, -0.2) is 75.2 Å². The van der Waals surface area contributed by atoms with E-state index in [0.29, 0.717) is 41.4 Å². The number of H-pyrrole nitrogens is 1. The summed E-state index contributed by atoms with van der Waals surface area (Å²) in [6.45, 7) is 5.59. The van der Waals surface area contributed by atoms with Crippen LogP contribution in [0.5, 0.6) is 5.75 Å². The van der Waals surface area contributed by atoms with Crippen molar-refractivity contribution < 1.29 is 13.2 Å². The molecule has 37 heavy (non-hydrogen) atoms. The van der Waals surface area contributed by atoms with E-state index in [1.165, 1.54) is 20.3 Å². The molecule has 0 radical (unpaired) electrons. The molecule has 4 aromatic heterocycles. The summed E-state index contributed by atoms with van der Waals surface area (Å²) in [6.07, 6.45) is 4.86. The van der Waals surface area contributed by atoms with Gasteiger partial charge in [-0.1, -0.05) is 13.3 Å². The number of aryl methyl sites for hydroxylation is 2. The van der Waals surface area contributed by atoms with E-state index in [4.69, 9.17) is 9.72 Å². The monoisotopic (exact) mass is 544 g/mol. The standard InChI is InChI=1S/C23H28N8O4S2/c1-4-7-15-17-18(29(3)28-15)22(32)27-21(26-17)20-19(35-5-2)16(14-36-20)37(33,34)31-12-10-30(11-13-31)23-24-8-6-9-25-23/h6,8-9,14H,4-5,7,10-13H2,1-3H3,(H,26,27,32). The van der Waals surface area contributed by atoms with Gasteiger partial charge in [-0.3, -0.25) is 9.48 Å². The van der Waals surface area contributed by atoms with E-state index in [2.05, 4.69) is 20.1 Å². The second kappa shape index (κ2) is 10.2.